The molecule has 3 nitrogen and oxygen atoms in total. The van der Waals surface area contributed by atoms with Gasteiger partial charge in [-0.25, -0.2) is 4.79 Å². The number of hydrogen-bond donors (Lipinski definition) is 2. The van der Waals surface area contributed by atoms with Crippen LogP contribution in [0, 0.1) is 0 Å². The summed E-state index contributed by atoms with van der Waals surface area (Å²) in [5.41, 5.74) is 6.08. The van der Waals surface area contributed by atoms with E-state index in [1.54, 1.807) is 0 Å². The number of urea groups is 1. The fourth-order valence-corrected chi connectivity index (χ4v) is 1.09. The molecule has 0 aliphatic carbocycles. The second-order valence-corrected chi connectivity index (χ2v) is 3.07. The van der Waals surface area contributed by atoms with Crippen molar-refractivity contribution in [2.75, 3.05) is 0 Å². The molecule has 1 aromatic rings. The highest BCUT2D eigenvalue weighted by Crippen LogP contribution is 2.01. The summed E-state index contributed by atoms with van der Waals surface area (Å²) in [4.78, 5) is 10.5. The Morgan fingerprint density at radius 2 is 2.07 bits per heavy atom. The maximum Gasteiger partial charge on any atom is 0.312 e. The molecule has 0 bridgehead atoms. The molecule has 1 rings (SSSR count). The smallest absolute Gasteiger partial charge is 0.312 e. The van der Waals surface area contributed by atoms with E-state index in [1.807, 2.05) is 49.4 Å². The van der Waals surface area contributed by atoms with Gasteiger partial charge in [0.1, 0.15) is 0 Å². The van der Waals surface area contributed by atoms with Gasteiger partial charge in [0.2, 0.25) is 0 Å². The summed E-state index contributed by atoms with van der Waals surface area (Å²) in [7, 11) is 0. The van der Waals surface area contributed by atoms with Crippen LogP contribution >= 0.6 is 0 Å². The van der Waals surface area contributed by atoms with E-state index in [4.69, 9.17) is 5.73 Å². The molecular weight excluding hydrogens is 176 g/mol. The second-order valence-electron chi connectivity index (χ2n) is 3.07. The lowest BCUT2D eigenvalue weighted by Gasteiger charge is -2.05. The van der Waals surface area contributed by atoms with E-state index < -0.39 is 6.03 Å². The minimum absolute atomic E-state index is 0.0484. The molecule has 14 heavy (non-hydrogen) atoms. The van der Waals surface area contributed by atoms with Gasteiger partial charge in [0.25, 0.3) is 0 Å². The Labute approximate surface area is 83.6 Å². The Morgan fingerprint density at radius 1 is 1.43 bits per heavy atom. The summed E-state index contributed by atoms with van der Waals surface area (Å²) in [5.74, 6) is 0. The van der Waals surface area contributed by atoms with E-state index in [1.165, 1.54) is 0 Å². The molecule has 2 amide bonds. The van der Waals surface area contributed by atoms with Crippen molar-refractivity contribution >= 4 is 12.1 Å². The third-order valence-corrected chi connectivity index (χ3v) is 1.75. The highest BCUT2D eigenvalue weighted by molar-refractivity contribution is 5.72. The number of primary amides is 1. The third kappa shape index (κ3) is 3.76. The van der Waals surface area contributed by atoms with Crippen molar-refractivity contribution in [3.63, 3.8) is 0 Å². The number of nitrogens with one attached hydrogen (secondary N) is 1. The first-order chi connectivity index (χ1) is 6.68. The Kier molecular flexibility index (Phi) is 3.73. The molecule has 1 aromatic carbocycles. The molecule has 0 fully saturated rings. The van der Waals surface area contributed by atoms with Gasteiger partial charge < -0.3 is 11.1 Å². The molecule has 0 heterocycles. The fourth-order valence-electron chi connectivity index (χ4n) is 1.09. The molecule has 1 atom stereocenters. The Bertz CT molecular complexity index is 319. The van der Waals surface area contributed by atoms with Crippen LogP contribution in [0.2, 0.25) is 0 Å². The monoisotopic (exact) mass is 190 g/mol. The molecule has 0 aromatic heterocycles. The van der Waals surface area contributed by atoms with Gasteiger partial charge in [0.05, 0.1) is 0 Å². The van der Waals surface area contributed by atoms with Crippen molar-refractivity contribution < 1.29 is 4.79 Å². The molecule has 3 N–H and O–H groups in total. The van der Waals surface area contributed by atoms with Crippen molar-refractivity contribution in [3.05, 3.63) is 42.0 Å². The normalized spacial score (nSPS) is 12.6. The van der Waals surface area contributed by atoms with Crippen molar-refractivity contribution in [3.8, 4) is 0 Å². The zero-order valence-corrected chi connectivity index (χ0v) is 8.10. The topological polar surface area (TPSA) is 55.1 Å². The molecule has 0 unspecified atom stereocenters. The Morgan fingerprint density at radius 3 is 2.64 bits per heavy atom. The predicted octanol–water partition coefficient (Wildman–Crippen LogP) is 1.76. The van der Waals surface area contributed by atoms with Gasteiger partial charge >= 0.3 is 6.03 Å². The van der Waals surface area contributed by atoms with Crippen LogP contribution in [0.5, 0.6) is 0 Å². The third-order valence-electron chi connectivity index (χ3n) is 1.75. The van der Waals surface area contributed by atoms with Crippen LogP contribution < -0.4 is 11.1 Å². The number of rotatable bonds is 3. The van der Waals surface area contributed by atoms with E-state index in [0.29, 0.717) is 0 Å². The van der Waals surface area contributed by atoms with E-state index in [0.717, 1.165) is 5.56 Å². The van der Waals surface area contributed by atoms with Crippen LogP contribution in [-0.4, -0.2) is 12.1 Å². The largest absolute Gasteiger partial charge is 0.352 e. The lowest BCUT2D eigenvalue weighted by Crippen LogP contribution is -2.35. The Balaban J connectivity index is 2.52. The maximum atomic E-state index is 10.5. The van der Waals surface area contributed by atoms with Gasteiger partial charge in [-0.05, 0) is 12.5 Å². The Hall–Kier alpha value is -1.77. The molecular formula is C11H14N2O. The predicted molar refractivity (Wildman–Crippen MR) is 57.7 cm³/mol. The maximum absolute atomic E-state index is 10.5. The summed E-state index contributed by atoms with van der Waals surface area (Å²) in [6.45, 7) is 1.87. The van der Waals surface area contributed by atoms with Crippen molar-refractivity contribution in [1.29, 1.82) is 0 Å². The average molecular weight is 190 g/mol. The molecule has 74 valence electrons. The molecule has 0 aliphatic heterocycles. The number of hydrogen-bond acceptors (Lipinski definition) is 1. The molecule has 0 aliphatic rings. The number of carbonyl (C=O) groups is 1. The second kappa shape index (κ2) is 5.07. The van der Waals surface area contributed by atoms with E-state index in [-0.39, 0.29) is 6.04 Å². The van der Waals surface area contributed by atoms with Crippen LogP contribution in [0.25, 0.3) is 6.08 Å². The minimum atomic E-state index is -0.504. The quantitative estimate of drug-likeness (QED) is 0.749. The first-order valence-corrected chi connectivity index (χ1v) is 4.47. The van der Waals surface area contributed by atoms with Crippen molar-refractivity contribution in [2.24, 2.45) is 5.73 Å². The summed E-state index contributed by atoms with van der Waals surface area (Å²) in [6.07, 6.45) is 3.83. The molecule has 0 radical (unpaired) electrons. The average Bonchev–Trinajstić information content (AvgIpc) is 2.15. The van der Waals surface area contributed by atoms with E-state index in [9.17, 15) is 4.79 Å². The first kappa shape index (κ1) is 10.3. The number of benzene rings is 1. The van der Waals surface area contributed by atoms with Gasteiger partial charge in [-0.3, -0.25) is 0 Å². The van der Waals surface area contributed by atoms with E-state index in [2.05, 4.69) is 5.32 Å². The summed E-state index contributed by atoms with van der Waals surface area (Å²) >= 11 is 0. The van der Waals surface area contributed by atoms with Gasteiger partial charge in [-0.1, -0.05) is 42.5 Å². The highest BCUT2D eigenvalue weighted by Gasteiger charge is 1.97. The lowest BCUT2D eigenvalue weighted by molar-refractivity contribution is 0.247. The van der Waals surface area contributed by atoms with Crippen molar-refractivity contribution in [1.82, 2.24) is 5.32 Å². The van der Waals surface area contributed by atoms with Crippen LogP contribution in [0.3, 0.4) is 0 Å². The molecule has 3 heteroatoms. The van der Waals surface area contributed by atoms with Gasteiger partial charge in [-0.2, -0.15) is 0 Å². The van der Waals surface area contributed by atoms with Crippen molar-refractivity contribution in [2.45, 2.75) is 13.0 Å². The fraction of sp³-hybridized carbons (Fsp3) is 0.182. The number of carbonyl (C=O) groups excluding carboxylic acids is 1. The first-order valence-electron chi connectivity index (χ1n) is 4.47. The van der Waals surface area contributed by atoms with Crippen LogP contribution in [0.15, 0.2) is 36.4 Å². The zero-order chi connectivity index (χ0) is 10.4. The standard InChI is InChI=1S/C11H14N2O/c1-9(13-11(12)14)7-8-10-5-3-2-4-6-10/h2-9H,1H3,(H3,12,13,14)/b8-7+/t9-/m1/s1. The summed E-state index contributed by atoms with van der Waals surface area (Å²) < 4.78 is 0. The molecule has 0 spiro atoms. The summed E-state index contributed by atoms with van der Waals surface area (Å²) in [5, 5.41) is 2.57. The SMILES string of the molecule is C[C@H](/C=C/c1ccccc1)NC(N)=O. The van der Waals surface area contributed by atoms with Gasteiger partial charge in [-0.15, -0.1) is 0 Å². The molecule has 0 saturated heterocycles. The minimum Gasteiger partial charge on any atom is -0.352 e. The van der Waals surface area contributed by atoms with E-state index >= 15 is 0 Å². The van der Waals surface area contributed by atoms with Crippen LogP contribution in [0.1, 0.15) is 12.5 Å². The summed E-state index contributed by atoms with van der Waals surface area (Å²) in [6, 6.07) is 9.32. The van der Waals surface area contributed by atoms with Crippen LogP contribution in [0.4, 0.5) is 4.79 Å². The highest BCUT2D eigenvalue weighted by atomic mass is 16.2. The van der Waals surface area contributed by atoms with Gasteiger partial charge in [0, 0.05) is 6.04 Å². The number of nitrogens with two attached hydrogens (primary N) is 1. The van der Waals surface area contributed by atoms with Gasteiger partial charge in [0.15, 0.2) is 0 Å². The zero-order valence-electron chi connectivity index (χ0n) is 8.10. The lowest BCUT2D eigenvalue weighted by atomic mass is 10.2. The van der Waals surface area contributed by atoms with Crippen LogP contribution in [-0.2, 0) is 0 Å². The number of amides is 2. The molecule has 0 saturated carbocycles.